The highest BCUT2D eigenvalue weighted by atomic mass is 16.3. The van der Waals surface area contributed by atoms with Crippen LogP contribution in [0.4, 0.5) is 0 Å². The van der Waals surface area contributed by atoms with Gasteiger partial charge in [-0.1, -0.05) is 188 Å². The number of nitrogens with zero attached hydrogens (tertiary/aromatic N) is 4. The van der Waals surface area contributed by atoms with Crippen LogP contribution in [0.3, 0.4) is 0 Å². The first kappa shape index (κ1) is 42.5. The highest BCUT2D eigenvalue weighted by Crippen LogP contribution is 2.42. The highest BCUT2D eigenvalue weighted by molar-refractivity contribution is 6.14. The van der Waals surface area contributed by atoms with Crippen LogP contribution >= 0.6 is 0 Å². The zero-order chi connectivity index (χ0) is 49.4. The van der Waals surface area contributed by atoms with Gasteiger partial charge in [0.25, 0.3) is 0 Å². The van der Waals surface area contributed by atoms with Crippen molar-refractivity contribution in [1.29, 1.82) is 0 Å². The Morgan fingerprint density at radius 2 is 0.680 bits per heavy atom. The van der Waals surface area contributed by atoms with E-state index in [9.17, 15) is 0 Å². The average Bonchev–Trinajstić information content (AvgIpc) is 4.16. The monoisotopic (exact) mass is 958 g/mol. The van der Waals surface area contributed by atoms with Crippen LogP contribution in [0.2, 0.25) is 0 Å². The zero-order valence-electron chi connectivity index (χ0n) is 40.4. The fraction of sp³-hybridized carbons (Fsp3) is 0. The van der Waals surface area contributed by atoms with Crippen molar-refractivity contribution in [2.24, 2.45) is 0 Å². The first-order valence-corrected chi connectivity index (χ1v) is 25.2. The van der Waals surface area contributed by atoms with Gasteiger partial charge in [0.15, 0.2) is 23.1 Å². The number of hydrogen-bond acceptors (Lipinski definition) is 5. The largest absolute Gasteiger partial charge is 0.456 e. The SMILES string of the molecule is c1ccc(-c2ccc(-c3nc(-c4ccccc4)nc(-c4ccc5c(c4)oc4cc(-c6cccc(-c7ccc8oc9c(-n%10c%11ccccc%11c%11cc(-c%12ccccc%12)ccc%11%10)cccc9c8c7)c6)ccc45)n3)cc2)cc1. The molecule has 4 heterocycles. The minimum Gasteiger partial charge on any atom is -0.456 e. The van der Waals surface area contributed by atoms with Gasteiger partial charge in [0.2, 0.25) is 0 Å². The molecule has 0 unspecified atom stereocenters. The third-order valence-corrected chi connectivity index (χ3v) is 14.7. The Kier molecular flexibility index (Phi) is 9.78. The third-order valence-electron chi connectivity index (χ3n) is 14.7. The fourth-order valence-corrected chi connectivity index (χ4v) is 10.9. The molecule has 0 aliphatic heterocycles. The predicted molar refractivity (Wildman–Crippen MR) is 307 cm³/mol. The van der Waals surface area contributed by atoms with E-state index in [1.807, 2.05) is 42.5 Å². The van der Waals surface area contributed by atoms with Gasteiger partial charge in [-0.25, -0.2) is 15.0 Å². The summed E-state index contributed by atoms with van der Waals surface area (Å²) in [5.41, 5.74) is 18.3. The summed E-state index contributed by atoms with van der Waals surface area (Å²) in [6.45, 7) is 0. The van der Waals surface area contributed by atoms with Gasteiger partial charge in [0, 0.05) is 49.0 Å². The molecule has 0 spiro atoms. The molecule has 6 heteroatoms. The van der Waals surface area contributed by atoms with Gasteiger partial charge in [0.1, 0.15) is 16.7 Å². The predicted octanol–water partition coefficient (Wildman–Crippen LogP) is 18.4. The Bertz CT molecular complexity index is 4690. The van der Waals surface area contributed by atoms with Crippen LogP contribution in [0.25, 0.3) is 150 Å². The number of rotatable bonds is 8. The van der Waals surface area contributed by atoms with E-state index in [4.69, 9.17) is 23.8 Å². The van der Waals surface area contributed by atoms with Crippen LogP contribution in [-0.2, 0) is 0 Å². The molecule has 75 heavy (non-hydrogen) atoms. The van der Waals surface area contributed by atoms with Gasteiger partial charge in [-0.15, -0.1) is 0 Å². The van der Waals surface area contributed by atoms with Crippen LogP contribution in [-0.4, -0.2) is 19.5 Å². The van der Waals surface area contributed by atoms with Crippen LogP contribution < -0.4 is 0 Å². The van der Waals surface area contributed by atoms with Gasteiger partial charge in [-0.05, 0) is 111 Å². The molecule has 350 valence electrons. The van der Waals surface area contributed by atoms with Crippen LogP contribution in [0, 0.1) is 0 Å². The van der Waals surface area contributed by atoms with E-state index in [0.29, 0.717) is 17.5 Å². The van der Waals surface area contributed by atoms with E-state index in [2.05, 4.69) is 217 Å². The first-order valence-electron chi connectivity index (χ1n) is 25.2. The molecule has 0 saturated carbocycles. The molecule has 15 rings (SSSR count). The minimum atomic E-state index is 0.578. The molecule has 4 aromatic heterocycles. The van der Waals surface area contributed by atoms with Crippen molar-refractivity contribution in [1.82, 2.24) is 19.5 Å². The van der Waals surface area contributed by atoms with E-state index in [0.717, 1.165) is 111 Å². The number of para-hydroxylation sites is 2. The summed E-state index contributed by atoms with van der Waals surface area (Å²) >= 11 is 0. The van der Waals surface area contributed by atoms with E-state index in [-0.39, 0.29) is 0 Å². The maximum Gasteiger partial charge on any atom is 0.164 e. The molecule has 0 aliphatic rings. The Labute approximate surface area is 431 Å². The van der Waals surface area contributed by atoms with Crippen molar-refractivity contribution in [2.45, 2.75) is 0 Å². The minimum absolute atomic E-state index is 0.578. The van der Waals surface area contributed by atoms with Crippen LogP contribution in [0.5, 0.6) is 0 Å². The molecule has 11 aromatic carbocycles. The molecule has 0 N–H and O–H groups in total. The van der Waals surface area contributed by atoms with Crippen molar-refractivity contribution >= 4 is 65.7 Å². The summed E-state index contributed by atoms with van der Waals surface area (Å²) in [5, 5.41) is 6.65. The number of benzene rings is 11. The summed E-state index contributed by atoms with van der Waals surface area (Å²) in [6.07, 6.45) is 0. The van der Waals surface area contributed by atoms with Gasteiger partial charge < -0.3 is 13.4 Å². The standard InChI is InChI=1S/C69H42N4O2/c1-4-14-43(15-5-1)45-26-28-47(29-27-45)68-70-67(46-18-8-3-9-19-46)71-69(72-68)53-31-35-56-55-34-30-52(41-64(55)74-65(56)42-53)49-21-12-20-48(38-49)51-33-37-63-59(40-51)57-23-13-25-62(66(57)75-63)73-60-24-11-10-22-54(60)58-39-50(32-36-61(58)73)44-16-6-2-7-17-44/h1-42H. The number of hydrogen-bond donors (Lipinski definition) is 0. The molecule has 0 saturated heterocycles. The van der Waals surface area contributed by atoms with Crippen molar-refractivity contribution in [3.05, 3.63) is 255 Å². The zero-order valence-corrected chi connectivity index (χ0v) is 40.4. The van der Waals surface area contributed by atoms with Gasteiger partial charge in [0.05, 0.1) is 16.7 Å². The lowest BCUT2D eigenvalue weighted by molar-refractivity contribution is 0.666. The van der Waals surface area contributed by atoms with Crippen molar-refractivity contribution in [3.63, 3.8) is 0 Å². The lowest BCUT2D eigenvalue weighted by atomic mass is 9.97. The lowest BCUT2D eigenvalue weighted by Crippen LogP contribution is -2.00. The first-order chi connectivity index (χ1) is 37.1. The molecule has 15 aromatic rings. The summed E-state index contributed by atoms with van der Waals surface area (Å²) in [4.78, 5) is 15.0. The van der Waals surface area contributed by atoms with E-state index >= 15 is 0 Å². The molecule has 0 fully saturated rings. The Hall–Kier alpha value is -10.2. The summed E-state index contributed by atoms with van der Waals surface area (Å²) in [5.74, 6) is 1.80. The summed E-state index contributed by atoms with van der Waals surface area (Å²) < 4.78 is 15.8. The Balaban J connectivity index is 0.762. The summed E-state index contributed by atoms with van der Waals surface area (Å²) in [6, 6.07) is 89.3. The average molecular weight is 959 g/mol. The molecule has 0 bridgehead atoms. The number of furan rings is 2. The van der Waals surface area contributed by atoms with E-state index in [1.54, 1.807) is 0 Å². The lowest BCUT2D eigenvalue weighted by Gasteiger charge is -2.09. The molecular formula is C69H42N4O2. The summed E-state index contributed by atoms with van der Waals surface area (Å²) in [7, 11) is 0. The number of fused-ring (bicyclic) bond motifs is 9. The molecule has 6 nitrogen and oxygen atoms in total. The molecule has 0 aliphatic carbocycles. The van der Waals surface area contributed by atoms with Crippen molar-refractivity contribution in [2.75, 3.05) is 0 Å². The van der Waals surface area contributed by atoms with Crippen LogP contribution in [0.15, 0.2) is 264 Å². The smallest absolute Gasteiger partial charge is 0.164 e. The Morgan fingerprint density at radius 1 is 0.240 bits per heavy atom. The maximum atomic E-state index is 6.80. The van der Waals surface area contributed by atoms with Gasteiger partial charge in [-0.3, -0.25) is 0 Å². The molecule has 0 atom stereocenters. The van der Waals surface area contributed by atoms with Crippen molar-refractivity contribution < 1.29 is 8.83 Å². The second-order valence-corrected chi connectivity index (χ2v) is 19.1. The van der Waals surface area contributed by atoms with E-state index < -0.39 is 0 Å². The van der Waals surface area contributed by atoms with Gasteiger partial charge in [-0.2, -0.15) is 0 Å². The Morgan fingerprint density at radius 3 is 1.40 bits per heavy atom. The number of aromatic nitrogens is 4. The second kappa shape index (κ2) is 17.3. The van der Waals surface area contributed by atoms with Gasteiger partial charge >= 0.3 is 0 Å². The highest BCUT2D eigenvalue weighted by Gasteiger charge is 2.20. The normalized spacial score (nSPS) is 11.7. The molecule has 0 radical (unpaired) electrons. The topological polar surface area (TPSA) is 69.9 Å². The quantitative estimate of drug-likeness (QED) is 0.152. The van der Waals surface area contributed by atoms with E-state index in [1.165, 1.54) is 21.9 Å². The maximum absolute atomic E-state index is 6.80. The fourth-order valence-electron chi connectivity index (χ4n) is 10.9. The van der Waals surface area contributed by atoms with Crippen molar-refractivity contribution in [3.8, 4) is 84.4 Å². The molecular weight excluding hydrogens is 917 g/mol. The second-order valence-electron chi connectivity index (χ2n) is 19.1. The molecule has 0 amide bonds. The van der Waals surface area contributed by atoms with Crippen LogP contribution in [0.1, 0.15) is 0 Å². The third kappa shape index (κ3) is 7.30.